The van der Waals surface area contributed by atoms with E-state index in [2.05, 4.69) is 16.4 Å². The third-order valence-electron chi connectivity index (χ3n) is 5.03. The van der Waals surface area contributed by atoms with Gasteiger partial charge in [-0.1, -0.05) is 12.1 Å². The van der Waals surface area contributed by atoms with Gasteiger partial charge in [0.1, 0.15) is 5.69 Å². The SMILES string of the molecule is N#Cc1cccc(C(=O)NCCn2nc(-c3ccccn3)c3c2CCCC3)c1. The summed E-state index contributed by atoms with van der Waals surface area (Å²) in [6, 6.07) is 14.7. The lowest BCUT2D eigenvalue weighted by atomic mass is 9.95. The number of fused-ring (bicyclic) bond motifs is 1. The Balaban J connectivity index is 1.49. The lowest BCUT2D eigenvalue weighted by molar-refractivity contribution is 0.0951. The lowest BCUT2D eigenvalue weighted by Crippen LogP contribution is -2.28. The fraction of sp³-hybridized carbons (Fsp3) is 0.273. The largest absolute Gasteiger partial charge is 0.350 e. The second-order valence-electron chi connectivity index (χ2n) is 6.87. The van der Waals surface area contributed by atoms with Gasteiger partial charge in [-0.3, -0.25) is 14.5 Å². The summed E-state index contributed by atoms with van der Waals surface area (Å²) < 4.78 is 2.02. The summed E-state index contributed by atoms with van der Waals surface area (Å²) in [7, 11) is 0. The molecule has 6 nitrogen and oxygen atoms in total. The quantitative estimate of drug-likeness (QED) is 0.747. The first-order valence-electron chi connectivity index (χ1n) is 9.54. The normalized spacial score (nSPS) is 12.8. The summed E-state index contributed by atoms with van der Waals surface area (Å²) >= 11 is 0. The fourth-order valence-electron chi connectivity index (χ4n) is 3.67. The third kappa shape index (κ3) is 3.65. The molecule has 0 unspecified atom stereocenters. The molecule has 0 spiro atoms. The molecule has 0 atom stereocenters. The average molecular weight is 371 g/mol. The molecular weight excluding hydrogens is 350 g/mol. The van der Waals surface area contributed by atoms with E-state index < -0.39 is 0 Å². The molecule has 28 heavy (non-hydrogen) atoms. The van der Waals surface area contributed by atoms with Gasteiger partial charge in [0.2, 0.25) is 0 Å². The summed E-state index contributed by atoms with van der Waals surface area (Å²) in [6.45, 7) is 1.09. The summed E-state index contributed by atoms with van der Waals surface area (Å²) in [5.41, 5.74) is 5.38. The van der Waals surface area contributed by atoms with Crippen LogP contribution in [0.5, 0.6) is 0 Å². The number of aromatic nitrogens is 3. The van der Waals surface area contributed by atoms with E-state index in [4.69, 9.17) is 10.4 Å². The van der Waals surface area contributed by atoms with Gasteiger partial charge in [-0.15, -0.1) is 0 Å². The monoisotopic (exact) mass is 371 g/mol. The molecule has 0 radical (unpaired) electrons. The van der Waals surface area contributed by atoms with Gasteiger partial charge < -0.3 is 5.32 Å². The zero-order chi connectivity index (χ0) is 19.3. The van der Waals surface area contributed by atoms with Crippen molar-refractivity contribution in [3.63, 3.8) is 0 Å². The predicted molar refractivity (Wildman–Crippen MR) is 106 cm³/mol. The smallest absolute Gasteiger partial charge is 0.251 e. The number of carbonyl (C=O) groups excluding carboxylic acids is 1. The Morgan fingerprint density at radius 2 is 2.07 bits per heavy atom. The van der Waals surface area contributed by atoms with E-state index in [0.717, 1.165) is 30.7 Å². The van der Waals surface area contributed by atoms with Crippen molar-refractivity contribution < 1.29 is 4.79 Å². The number of hydrogen-bond acceptors (Lipinski definition) is 4. The number of amides is 1. The average Bonchev–Trinajstić information content (AvgIpc) is 3.13. The van der Waals surface area contributed by atoms with E-state index >= 15 is 0 Å². The van der Waals surface area contributed by atoms with Crippen LogP contribution in [0.15, 0.2) is 48.7 Å². The number of hydrogen-bond donors (Lipinski definition) is 1. The molecule has 2 heterocycles. The lowest BCUT2D eigenvalue weighted by Gasteiger charge is -2.14. The maximum absolute atomic E-state index is 12.4. The summed E-state index contributed by atoms with van der Waals surface area (Å²) in [6.07, 6.45) is 6.15. The maximum Gasteiger partial charge on any atom is 0.251 e. The van der Waals surface area contributed by atoms with Crippen LogP contribution in [-0.4, -0.2) is 27.2 Å². The van der Waals surface area contributed by atoms with Crippen molar-refractivity contribution in [3.8, 4) is 17.5 Å². The molecule has 0 aliphatic heterocycles. The second-order valence-corrected chi connectivity index (χ2v) is 6.87. The van der Waals surface area contributed by atoms with Crippen molar-refractivity contribution >= 4 is 5.91 Å². The van der Waals surface area contributed by atoms with E-state index in [0.29, 0.717) is 24.2 Å². The van der Waals surface area contributed by atoms with E-state index in [1.165, 1.54) is 17.7 Å². The van der Waals surface area contributed by atoms with Gasteiger partial charge in [0.05, 0.1) is 23.9 Å². The molecule has 1 aliphatic rings. The molecule has 1 N–H and O–H groups in total. The molecule has 1 amide bonds. The zero-order valence-electron chi connectivity index (χ0n) is 15.6. The van der Waals surface area contributed by atoms with E-state index in [1.54, 1.807) is 30.5 Å². The standard InChI is InChI=1S/C22H21N5O/c23-15-16-6-5-7-17(14-16)22(28)25-12-13-27-20-10-2-1-8-18(20)21(26-27)19-9-3-4-11-24-19/h3-7,9,11,14H,1-2,8,10,12-13H2,(H,25,28). The third-order valence-corrected chi connectivity index (χ3v) is 5.03. The number of nitrogens with one attached hydrogen (secondary N) is 1. The van der Waals surface area contributed by atoms with Crippen LogP contribution < -0.4 is 5.32 Å². The first kappa shape index (κ1) is 17.9. The maximum atomic E-state index is 12.4. The summed E-state index contributed by atoms with van der Waals surface area (Å²) in [4.78, 5) is 16.8. The number of pyridine rings is 1. The van der Waals surface area contributed by atoms with Crippen molar-refractivity contribution in [1.29, 1.82) is 5.26 Å². The Bertz CT molecular complexity index is 1030. The number of benzene rings is 1. The topological polar surface area (TPSA) is 83.6 Å². The van der Waals surface area contributed by atoms with Crippen LogP contribution in [0.2, 0.25) is 0 Å². The van der Waals surface area contributed by atoms with Crippen LogP contribution in [-0.2, 0) is 19.4 Å². The minimum absolute atomic E-state index is 0.178. The van der Waals surface area contributed by atoms with E-state index in [9.17, 15) is 4.79 Å². The Morgan fingerprint density at radius 1 is 1.18 bits per heavy atom. The molecule has 140 valence electrons. The van der Waals surface area contributed by atoms with Gasteiger partial charge in [0.15, 0.2) is 0 Å². The van der Waals surface area contributed by atoms with Crippen LogP contribution >= 0.6 is 0 Å². The molecular formula is C22H21N5O. The molecule has 0 bridgehead atoms. The predicted octanol–water partition coefficient (Wildman–Crippen LogP) is 3.13. The van der Waals surface area contributed by atoms with Gasteiger partial charge in [-0.25, -0.2) is 0 Å². The van der Waals surface area contributed by atoms with Crippen molar-refractivity contribution in [3.05, 3.63) is 71.0 Å². The van der Waals surface area contributed by atoms with Crippen LogP contribution in [0.1, 0.15) is 40.0 Å². The fourth-order valence-corrected chi connectivity index (χ4v) is 3.67. The first-order chi connectivity index (χ1) is 13.8. The molecule has 4 rings (SSSR count). The van der Waals surface area contributed by atoms with Crippen molar-refractivity contribution in [2.75, 3.05) is 6.54 Å². The highest BCUT2D eigenvalue weighted by atomic mass is 16.1. The highest BCUT2D eigenvalue weighted by Gasteiger charge is 2.22. The number of carbonyl (C=O) groups is 1. The summed E-state index contributed by atoms with van der Waals surface area (Å²) in [5.74, 6) is -0.178. The Hall–Kier alpha value is -3.46. The minimum Gasteiger partial charge on any atom is -0.350 e. The van der Waals surface area contributed by atoms with Crippen molar-refractivity contribution in [2.45, 2.75) is 32.2 Å². The van der Waals surface area contributed by atoms with Crippen LogP contribution in [0.4, 0.5) is 0 Å². The van der Waals surface area contributed by atoms with Gasteiger partial charge >= 0.3 is 0 Å². The van der Waals surface area contributed by atoms with E-state index in [-0.39, 0.29) is 5.91 Å². The minimum atomic E-state index is -0.178. The molecule has 1 aliphatic carbocycles. The van der Waals surface area contributed by atoms with Crippen molar-refractivity contribution in [2.24, 2.45) is 0 Å². The molecule has 0 saturated heterocycles. The molecule has 1 aromatic carbocycles. The summed E-state index contributed by atoms with van der Waals surface area (Å²) in [5, 5.41) is 16.7. The highest BCUT2D eigenvalue weighted by Crippen LogP contribution is 2.30. The van der Waals surface area contributed by atoms with Gasteiger partial charge in [0, 0.05) is 29.6 Å². The molecule has 3 aromatic rings. The molecule has 0 saturated carbocycles. The van der Waals surface area contributed by atoms with E-state index in [1.807, 2.05) is 22.9 Å². The molecule has 6 heteroatoms. The number of nitriles is 1. The van der Waals surface area contributed by atoms with Gasteiger partial charge in [-0.05, 0) is 56.0 Å². The van der Waals surface area contributed by atoms with Crippen LogP contribution in [0.25, 0.3) is 11.4 Å². The van der Waals surface area contributed by atoms with Crippen molar-refractivity contribution in [1.82, 2.24) is 20.1 Å². The number of nitrogens with zero attached hydrogens (tertiary/aromatic N) is 4. The molecule has 2 aromatic heterocycles. The Kier molecular flexibility index (Phi) is 5.16. The van der Waals surface area contributed by atoms with Gasteiger partial charge in [-0.2, -0.15) is 10.4 Å². The van der Waals surface area contributed by atoms with Gasteiger partial charge in [0.25, 0.3) is 5.91 Å². The highest BCUT2D eigenvalue weighted by molar-refractivity contribution is 5.94. The Morgan fingerprint density at radius 3 is 2.89 bits per heavy atom. The zero-order valence-corrected chi connectivity index (χ0v) is 15.6. The van der Waals surface area contributed by atoms with Crippen LogP contribution in [0, 0.1) is 11.3 Å². The second kappa shape index (κ2) is 8.05. The van der Waals surface area contributed by atoms with Crippen LogP contribution in [0.3, 0.4) is 0 Å². The number of rotatable bonds is 5. The first-order valence-corrected chi connectivity index (χ1v) is 9.54. The Labute approximate surface area is 163 Å². The molecule has 0 fully saturated rings.